The van der Waals surface area contributed by atoms with Gasteiger partial charge in [-0.25, -0.2) is 0 Å². The average Bonchev–Trinajstić information content (AvgIpc) is 2.98. The molecule has 2 N–H and O–H groups in total. The largest absolute Gasteiger partial charge is 0.396 e. The SMILES string of the molecule is CCN1CCC(Cc2nnc3c(N)cccn23)C1. The Morgan fingerprint density at radius 2 is 2.33 bits per heavy atom. The van der Waals surface area contributed by atoms with Gasteiger partial charge in [-0.2, -0.15) is 0 Å². The lowest BCUT2D eigenvalue weighted by Crippen LogP contribution is -2.20. The smallest absolute Gasteiger partial charge is 0.183 e. The number of aromatic nitrogens is 3. The molecule has 3 rings (SSSR count). The fraction of sp³-hybridized carbons (Fsp3) is 0.538. The van der Waals surface area contributed by atoms with Crippen molar-refractivity contribution in [2.75, 3.05) is 25.4 Å². The lowest BCUT2D eigenvalue weighted by molar-refractivity contribution is 0.340. The van der Waals surface area contributed by atoms with E-state index in [1.165, 1.54) is 19.5 Å². The number of pyridine rings is 1. The van der Waals surface area contributed by atoms with Gasteiger partial charge in [0.15, 0.2) is 5.65 Å². The van der Waals surface area contributed by atoms with E-state index in [1.54, 1.807) is 0 Å². The molecule has 2 aromatic rings. The molecule has 1 unspecified atom stereocenters. The highest BCUT2D eigenvalue weighted by molar-refractivity contribution is 5.63. The van der Waals surface area contributed by atoms with E-state index in [-0.39, 0.29) is 0 Å². The molecule has 1 aliphatic heterocycles. The average molecular weight is 245 g/mol. The zero-order valence-electron chi connectivity index (χ0n) is 10.7. The number of nitrogens with zero attached hydrogens (tertiary/aromatic N) is 4. The Kier molecular flexibility index (Phi) is 2.91. The topological polar surface area (TPSA) is 59.5 Å². The summed E-state index contributed by atoms with van der Waals surface area (Å²) in [6.45, 7) is 5.74. The molecule has 0 aromatic carbocycles. The van der Waals surface area contributed by atoms with Crippen LogP contribution in [0.5, 0.6) is 0 Å². The molecular formula is C13H19N5. The van der Waals surface area contributed by atoms with Crippen molar-refractivity contribution >= 4 is 11.3 Å². The summed E-state index contributed by atoms with van der Waals surface area (Å²) in [5.74, 6) is 1.72. The maximum absolute atomic E-state index is 5.89. The first kappa shape index (κ1) is 11.5. The van der Waals surface area contributed by atoms with Gasteiger partial charge in [-0.15, -0.1) is 10.2 Å². The molecule has 1 aliphatic rings. The molecule has 1 fully saturated rings. The van der Waals surface area contributed by atoms with Crippen LogP contribution in [0.25, 0.3) is 5.65 Å². The summed E-state index contributed by atoms with van der Waals surface area (Å²) in [6, 6.07) is 3.81. The second-order valence-corrected chi connectivity index (χ2v) is 5.03. The molecule has 0 radical (unpaired) electrons. The first-order valence-corrected chi connectivity index (χ1v) is 6.58. The maximum atomic E-state index is 5.89. The van der Waals surface area contributed by atoms with Gasteiger partial charge in [0.25, 0.3) is 0 Å². The maximum Gasteiger partial charge on any atom is 0.183 e. The number of fused-ring (bicyclic) bond motifs is 1. The predicted octanol–water partition coefficient (Wildman–Crippen LogP) is 1.20. The Hall–Kier alpha value is -1.62. The summed E-state index contributed by atoms with van der Waals surface area (Å²) >= 11 is 0. The minimum absolute atomic E-state index is 0.692. The van der Waals surface area contributed by atoms with Crippen LogP contribution >= 0.6 is 0 Å². The lowest BCUT2D eigenvalue weighted by atomic mass is 10.0. The molecule has 0 amide bonds. The standard InChI is InChI=1S/C13H19N5/c1-2-17-7-5-10(9-17)8-12-15-16-13-11(14)4-3-6-18(12)13/h3-4,6,10H,2,5,7-9,14H2,1H3. The quantitative estimate of drug-likeness (QED) is 0.882. The molecule has 1 saturated heterocycles. The highest BCUT2D eigenvalue weighted by Crippen LogP contribution is 2.21. The van der Waals surface area contributed by atoms with Gasteiger partial charge < -0.3 is 10.6 Å². The number of nitrogens with two attached hydrogens (primary N) is 1. The molecule has 96 valence electrons. The van der Waals surface area contributed by atoms with Crippen molar-refractivity contribution in [2.24, 2.45) is 5.92 Å². The summed E-state index contributed by atoms with van der Waals surface area (Å²) < 4.78 is 2.02. The molecule has 0 bridgehead atoms. The van der Waals surface area contributed by atoms with Gasteiger partial charge in [0, 0.05) is 19.2 Å². The first-order valence-electron chi connectivity index (χ1n) is 6.58. The monoisotopic (exact) mass is 245 g/mol. The van der Waals surface area contributed by atoms with Crippen LogP contribution in [0.2, 0.25) is 0 Å². The van der Waals surface area contributed by atoms with Gasteiger partial charge in [-0.05, 0) is 37.6 Å². The molecule has 1 atom stereocenters. The van der Waals surface area contributed by atoms with E-state index in [1.807, 2.05) is 22.7 Å². The third-order valence-corrected chi connectivity index (χ3v) is 3.82. The van der Waals surface area contributed by atoms with Crippen molar-refractivity contribution in [1.82, 2.24) is 19.5 Å². The molecule has 18 heavy (non-hydrogen) atoms. The van der Waals surface area contributed by atoms with E-state index >= 15 is 0 Å². The Bertz CT molecular complexity index is 547. The van der Waals surface area contributed by atoms with Crippen LogP contribution in [0.15, 0.2) is 18.3 Å². The molecule has 0 saturated carbocycles. The van der Waals surface area contributed by atoms with Crippen molar-refractivity contribution in [3.8, 4) is 0 Å². The van der Waals surface area contributed by atoms with Crippen LogP contribution < -0.4 is 5.73 Å². The Labute approximate surface area is 107 Å². The summed E-state index contributed by atoms with van der Waals surface area (Å²) in [5, 5.41) is 8.46. The van der Waals surface area contributed by atoms with Gasteiger partial charge in [-0.1, -0.05) is 6.92 Å². The highest BCUT2D eigenvalue weighted by Gasteiger charge is 2.23. The fourth-order valence-corrected chi connectivity index (χ4v) is 2.75. The highest BCUT2D eigenvalue weighted by atomic mass is 15.3. The number of nitrogen functional groups attached to an aromatic ring is 1. The van der Waals surface area contributed by atoms with Crippen molar-refractivity contribution < 1.29 is 0 Å². The Morgan fingerprint density at radius 1 is 1.44 bits per heavy atom. The minimum Gasteiger partial charge on any atom is -0.396 e. The summed E-state index contributed by atoms with van der Waals surface area (Å²) in [5.41, 5.74) is 7.36. The van der Waals surface area contributed by atoms with Gasteiger partial charge in [0.2, 0.25) is 0 Å². The van der Waals surface area contributed by atoms with Crippen LogP contribution in [0.3, 0.4) is 0 Å². The van der Waals surface area contributed by atoms with Crippen LogP contribution in [-0.4, -0.2) is 39.1 Å². The van der Waals surface area contributed by atoms with E-state index < -0.39 is 0 Å². The summed E-state index contributed by atoms with van der Waals surface area (Å²) in [7, 11) is 0. The van der Waals surface area contributed by atoms with Gasteiger partial charge in [-0.3, -0.25) is 4.40 Å². The second kappa shape index (κ2) is 4.57. The number of rotatable bonds is 3. The summed E-state index contributed by atoms with van der Waals surface area (Å²) in [6.07, 6.45) is 4.24. The van der Waals surface area contributed by atoms with E-state index in [0.717, 1.165) is 24.4 Å². The van der Waals surface area contributed by atoms with Crippen LogP contribution in [0, 0.1) is 5.92 Å². The minimum atomic E-state index is 0.692. The van der Waals surface area contributed by atoms with Crippen LogP contribution in [-0.2, 0) is 6.42 Å². The number of anilines is 1. The van der Waals surface area contributed by atoms with Gasteiger partial charge in [0.1, 0.15) is 5.82 Å². The Morgan fingerprint density at radius 3 is 3.11 bits per heavy atom. The number of hydrogen-bond donors (Lipinski definition) is 1. The first-order chi connectivity index (χ1) is 8.78. The third kappa shape index (κ3) is 1.95. The van der Waals surface area contributed by atoms with Crippen molar-refractivity contribution in [2.45, 2.75) is 19.8 Å². The zero-order chi connectivity index (χ0) is 12.5. The van der Waals surface area contributed by atoms with Gasteiger partial charge >= 0.3 is 0 Å². The fourth-order valence-electron chi connectivity index (χ4n) is 2.75. The van der Waals surface area contributed by atoms with Crippen molar-refractivity contribution in [1.29, 1.82) is 0 Å². The van der Waals surface area contributed by atoms with Crippen molar-refractivity contribution in [3.63, 3.8) is 0 Å². The molecule has 0 spiro atoms. The number of likely N-dealkylation sites (tertiary alicyclic amines) is 1. The number of hydrogen-bond acceptors (Lipinski definition) is 4. The summed E-state index contributed by atoms with van der Waals surface area (Å²) in [4.78, 5) is 2.49. The molecule has 3 heterocycles. The van der Waals surface area contributed by atoms with E-state index in [4.69, 9.17) is 5.73 Å². The normalized spacial score (nSPS) is 20.8. The van der Waals surface area contributed by atoms with E-state index in [2.05, 4.69) is 22.0 Å². The van der Waals surface area contributed by atoms with Crippen LogP contribution in [0.1, 0.15) is 19.2 Å². The zero-order valence-corrected chi connectivity index (χ0v) is 10.7. The Balaban J connectivity index is 1.81. The lowest BCUT2D eigenvalue weighted by Gasteiger charge is -2.12. The van der Waals surface area contributed by atoms with Crippen molar-refractivity contribution in [3.05, 3.63) is 24.2 Å². The van der Waals surface area contributed by atoms with Crippen LogP contribution in [0.4, 0.5) is 5.69 Å². The van der Waals surface area contributed by atoms with E-state index in [0.29, 0.717) is 11.6 Å². The molecule has 5 heteroatoms. The molecule has 5 nitrogen and oxygen atoms in total. The predicted molar refractivity (Wildman–Crippen MR) is 71.3 cm³/mol. The van der Waals surface area contributed by atoms with E-state index in [9.17, 15) is 0 Å². The third-order valence-electron chi connectivity index (χ3n) is 3.82. The molecule has 0 aliphatic carbocycles. The second-order valence-electron chi connectivity index (χ2n) is 5.03. The molecule has 2 aromatic heterocycles. The van der Waals surface area contributed by atoms with Gasteiger partial charge in [0.05, 0.1) is 5.69 Å². The molecular weight excluding hydrogens is 226 g/mol.